The van der Waals surface area contributed by atoms with E-state index in [0.717, 1.165) is 11.1 Å². The topological polar surface area (TPSA) is 80.1 Å². The summed E-state index contributed by atoms with van der Waals surface area (Å²) < 4.78 is 10.9. The third kappa shape index (κ3) is 3.58. The van der Waals surface area contributed by atoms with Crippen molar-refractivity contribution in [1.29, 1.82) is 0 Å². The van der Waals surface area contributed by atoms with Crippen LogP contribution in [0.2, 0.25) is 0 Å². The molecule has 0 bridgehead atoms. The maximum absolute atomic E-state index is 14.0. The molecule has 4 atom stereocenters. The molecule has 1 fully saturated rings. The summed E-state index contributed by atoms with van der Waals surface area (Å²) in [7, 11) is 0. The number of ether oxygens (including phenoxy) is 1. The lowest BCUT2D eigenvalue weighted by molar-refractivity contribution is -0.149. The van der Waals surface area contributed by atoms with E-state index in [2.05, 4.69) is 5.92 Å². The minimum atomic E-state index is -0.963. The van der Waals surface area contributed by atoms with Gasteiger partial charge in [-0.25, -0.2) is 0 Å². The second kappa shape index (κ2) is 9.15. The average Bonchev–Trinajstić information content (AvgIpc) is 3.54. The molecule has 0 radical (unpaired) electrons. The summed E-state index contributed by atoms with van der Waals surface area (Å²) in [6.45, 7) is 1.96. The number of anilines is 1. The fourth-order valence-electron chi connectivity index (χ4n) is 5.41. The molecule has 1 aromatic heterocycles. The Labute approximate surface area is 203 Å². The number of esters is 1. The molecule has 35 heavy (non-hydrogen) atoms. The maximum atomic E-state index is 14.0. The van der Waals surface area contributed by atoms with Crippen LogP contribution in [0, 0.1) is 18.3 Å². The number of fused-ring (bicyclic) bond motifs is 3. The minimum Gasteiger partial charge on any atom is -0.466 e. The molecule has 2 aliphatic rings. The number of likely N-dealkylation sites (tertiary alicyclic amines) is 1. The van der Waals surface area contributed by atoms with Gasteiger partial charge in [-0.1, -0.05) is 54.5 Å². The van der Waals surface area contributed by atoms with Crippen LogP contribution in [-0.4, -0.2) is 41.9 Å². The Morgan fingerprint density at radius 3 is 2.46 bits per heavy atom. The van der Waals surface area contributed by atoms with Gasteiger partial charge in [0.1, 0.15) is 6.04 Å². The molecule has 1 saturated heterocycles. The number of carbonyl (C=O) groups excluding carboxylic acids is 3. The van der Waals surface area contributed by atoms with Gasteiger partial charge < -0.3 is 14.1 Å². The van der Waals surface area contributed by atoms with Gasteiger partial charge in [-0.3, -0.25) is 19.3 Å². The molecule has 0 saturated carbocycles. The molecule has 7 heteroatoms. The normalized spacial score (nSPS) is 22.8. The maximum Gasteiger partial charge on any atom is 0.312 e. The van der Waals surface area contributed by atoms with Crippen LogP contribution in [-0.2, 0) is 14.3 Å². The predicted octanol–water partition coefficient (Wildman–Crippen LogP) is 3.79. The molecule has 0 N–H and O–H groups in total. The SMILES string of the molecule is C#CCN1C(=O)[C@@H]2[C@H](c3ccccc31)[C@@H](C(=O)OCC)[C@@H](c1ccccc1)N2C(=O)c1ccco1. The zero-order chi connectivity index (χ0) is 24.5. The second-order valence-corrected chi connectivity index (χ2v) is 8.48. The molecule has 7 nitrogen and oxygen atoms in total. The van der Waals surface area contributed by atoms with Gasteiger partial charge in [0.25, 0.3) is 11.8 Å². The van der Waals surface area contributed by atoms with Crippen molar-refractivity contribution in [1.82, 2.24) is 4.90 Å². The molecule has 5 rings (SSSR count). The van der Waals surface area contributed by atoms with Gasteiger partial charge in [0.15, 0.2) is 5.76 Å². The van der Waals surface area contributed by atoms with E-state index in [1.54, 1.807) is 19.1 Å². The average molecular weight is 469 g/mol. The van der Waals surface area contributed by atoms with Crippen molar-refractivity contribution < 1.29 is 23.5 Å². The molecule has 3 heterocycles. The van der Waals surface area contributed by atoms with Crippen LogP contribution in [0.25, 0.3) is 0 Å². The lowest BCUT2D eigenvalue weighted by atomic mass is 9.77. The van der Waals surface area contributed by atoms with Gasteiger partial charge in [-0.2, -0.15) is 0 Å². The van der Waals surface area contributed by atoms with Crippen LogP contribution in [0.1, 0.15) is 40.6 Å². The molecule has 0 aliphatic carbocycles. The summed E-state index contributed by atoms with van der Waals surface area (Å²) in [5.74, 6) is -0.0511. The Kier molecular flexibility index (Phi) is 5.87. The highest BCUT2D eigenvalue weighted by Crippen LogP contribution is 2.55. The molecule has 2 aromatic carbocycles. The third-order valence-corrected chi connectivity index (χ3v) is 6.69. The molecular formula is C28H24N2O5. The van der Waals surface area contributed by atoms with Crippen LogP contribution in [0.15, 0.2) is 77.4 Å². The lowest BCUT2D eigenvalue weighted by Crippen LogP contribution is -2.53. The highest BCUT2D eigenvalue weighted by atomic mass is 16.5. The van der Waals surface area contributed by atoms with Crippen molar-refractivity contribution in [3.05, 3.63) is 89.9 Å². The molecule has 0 spiro atoms. The monoisotopic (exact) mass is 468 g/mol. The fourth-order valence-corrected chi connectivity index (χ4v) is 5.41. The van der Waals surface area contributed by atoms with Crippen LogP contribution < -0.4 is 4.90 Å². The Hall–Kier alpha value is -4.31. The summed E-state index contributed by atoms with van der Waals surface area (Å²) in [4.78, 5) is 44.4. The van der Waals surface area contributed by atoms with E-state index in [-0.39, 0.29) is 24.8 Å². The summed E-state index contributed by atoms with van der Waals surface area (Å²) in [5, 5.41) is 0. The Morgan fingerprint density at radius 1 is 1.03 bits per heavy atom. The van der Waals surface area contributed by atoms with Gasteiger partial charge in [0, 0.05) is 11.6 Å². The quantitative estimate of drug-likeness (QED) is 0.421. The Bertz CT molecular complexity index is 1290. The van der Waals surface area contributed by atoms with Crippen molar-refractivity contribution in [3.8, 4) is 12.3 Å². The summed E-state index contributed by atoms with van der Waals surface area (Å²) >= 11 is 0. The van der Waals surface area contributed by atoms with Crippen LogP contribution in [0.5, 0.6) is 0 Å². The predicted molar refractivity (Wildman–Crippen MR) is 128 cm³/mol. The first kappa shape index (κ1) is 22.5. The van der Waals surface area contributed by atoms with E-state index >= 15 is 0 Å². The first-order valence-corrected chi connectivity index (χ1v) is 11.5. The van der Waals surface area contributed by atoms with E-state index in [1.165, 1.54) is 16.1 Å². The number of terminal acetylenes is 1. The number of benzene rings is 2. The van der Waals surface area contributed by atoms with E-state index in [0.29, 0.717) is 5.69 Å². The second-order valence-electron chi connectivity index (χ2n) is 8.48. The highest BCUT2D eigenvalue weighted by molar-refractivity contribution is 6.06. The standard InChI is InChI=1S/C28H24N2O5/c1-3-16-29-20-14-9-8-13-19(20)22-23(28(33)34-4-2)24(18-11-6-5-7-12-18)30(25(22)27(29)32)26(31)21-15-10-17-35-21/h1,5-15,17,22-25H,4,16H2,2H3/t22-,23-,24-,25+/m1/s1. The van der Waals surface area contributed by atoms with Crippen molar-refractivity contribution in [2.45, 2.75) is 24.9 Å². The third-order valence-electron chi connectivity index (χ3n) is 6.69. The van der Waals surface area contributed by atoms with Gasteiger partial charge in [0.05, 0.1) is 31.4 Å². The Morgan fingerprint density at radius 2 is 1.77 bits per heavy atom. The fraction of sp³-hybridized carbons (Fsp3) is 0.250. The number of amides is 2. The van der Waals surface area contributed by atoms with Crippen molar-refractivity contribution >= 4 is 23.5 Å². The summed E-state index contributed by atoms with van der Waals surface area (Å²) in [6, 6.07) is 18.1. The van der Waals surface area contributed by atoms with Crippen molar-refractivity contribution in [2.75, 3.05) is 18.1 Å². The van der Waals surface area contributed by atoms with Crippen LogP contribution in [0.3, 0.4) is 0 Å². The Balaban J connectivity index is 1.77. The number of hydrogen-bond donors (Lipinski definition) is 0. The number of furan rings is 1. The van der Waals surface area contributed by atoms with Crippen LogP contribution in [0.4, 0.5) is 5.69 Å². The van der Waals surface area contributed by atoms with E-state index in [4.69, 9.17) is 15.6 Å². The number of nitrogens with zero attached hydrogens (tertiary/aromatic N) is 2. The van der Waals surface area contributed by atoms with Gasteiger partial charge in [-0.15, -0.1) is 6.42 Å². The van der Waals surface area contributed by atoms with E-state index in [1.807, 2.05) is 54.6 Å². The number of rotatable bonds is 5. The molecule has 3 aromatic rings. The smallest absolute Gasteiger partial charge is 0.312 e. The van der Waals surface area contributed by atoms with Gasteiger partial charge in [0.2, 0.25) is 0 Å². The van der Waals surface area contributed by atoms with Crippen molar-refractivity contribution in [2.24, 2.45) is 5.92 Å². The molecular weight excluding hydrogens is 444 g/mol. The van der Waals surface area contributed by atoms with E-state index in [9.17, 15) is 14.4 Å². The number of hydrogen-bond acceptors (Lipinski definition) is 5. The van der Waals surface area contributed by atoms with E-state index < -0.39 is 35.8 Å². The van der Waals surface area contributed by atoms with Gasteiger partial charge >= 0.3 is 5.97 Å². The van der Waals surface area contributed by atoms with Gasteiger partial charge in [-0.05, 0) is 36.2 Å². The molecule has 176 valence electrons. The molecule has 2 aliphatic heterocycles. The van der Waals surface area contributed by atoms with Crippen molar-refractivity contribution in [3.63, 3.8) is 0 Å². The molecule has 0 unspecified atom stereocenters. The molecule has 2 amide bonds. The number of para-hydroxylation sites is 1. The highest BCUT2D eigenvalue weighted by Gasteiger charge is 2.61. The summed E-state index contributed by atoms with van der Waals surface area (Å²) in [6.07, 6.45) is 7.01. The summed E-state index contributed by atoms with van der Waals surface area (Å²) in [5.41, 5.74) is 2.15. The zero-order valence-electron chi connectivity index (χ0n) is 19.2. The lowest BCUT2D eigenvalue weighted by Gasteiger charge is -2.38. The zero-order valence-corrected chi connectivity index (χ0v) is 19.2. The van der Waals surface area contributed by atoms with Crippen LogP contribution >= 0.6 is 0 Å². The largest absolute Gasteiger partial charge is 0.466 e. The first-order valence-electron chi connectivity index (χ1n) is 11.5. The number of carbonyl (C=O) groups is 3. The first-order chi connectivity index (χ1) is 17.1. The minimum absolute atomic E-state index is 0.0436.